The number of nitrogens with zero attached hydrogens (tertiary/aromatic N) is 10. The quantitative estimate of drug-likeness (QED) is 0.0992. The third-order valence-electron chi connectivity index (χ3n) is 16.7. The maximum Gasteiger partial charge on any atom is 0.257 e. The number of carbonyl (C=O) groups excluding carboxylic acids is 3. The van der Waals surface area contributed by atoms with Crippen LogP contribution in [0.15, 0.2) is 238 Å². The number of pyridine rings is 7. The summed E-state index contributed by atoms with van der Waals surface area (Å²) in [5.74, 6) is -5.64. The van der Waals surface area contributed by atoms with Crippen LogP contribution in [0.25, 0.3) is 84.1 Å². The molecule has 16 nitrogen and oxygen atoms in total. The van der Waals surface area contributed by atoms with Crippen molar-refractivity contribution in [3.63, 3.8) is 0 Å². The summed E-state index contributed by atoms with van der Waals surface area (Å²) in [5, 5.41) is 8.66. The van der Waals surface area contributed by atoms with Gasteiger partial charge < -0.3 is 16.0 Å². The van der Waals surface area contributed by atoms with Crippen LogP contribution in [0.5, 0.6) is 0 Å². The zero-order valence-corrected chi connectivity index (χ0v) is 54.5. The van der Waals surface area contributed by atoms with Gasteiger partial charge in [-0.1, -0.05) is 87.1 Å². The lowest BCUT2D eigenvalue weighted by atomic mass is 10.0. The Morgan fingerprint density at radius 2 is 0.670 bits per heavy atom. The summed E-state index contributed by atoms with van der Waals surface area (Å²) in [6, 6.07) is 48.5. The Morgan fingerprint density at radius 3 is 1.03 bits per heavy atom. The number of aromatic nitrogens is 10. The number of nitrogens with one attached hydrogen (secondary N) is 3. The maximum absolute atomic E-state index is 14.4. The van der Waals surface area contributed by atoms with Gasteiger partial charge in [0.2, 0.25) is 0 Å². The predicted molar refractivity (Wildman–Crippen MR) is 389 cm³/mol. The largest absolute Gasteiger partial charge is 0.322 e. The van der Waals surface area contributed by atoms with Crippen molar-refractivity contribution in [2.45, 2.75) is 49.5 Å². The number of hydrogen-bond acceptors (Lipinski definition) is 10. The third-order valence-corrected chi connectivity index (χ3v) is 16.7. The number of fused-ring (bicyclic) bond motifs is 3. The number of halogens is 6. The molecule has 0 unspecified atom stereocenters. The van der Waals surface area contributed by atoms with E-state index >= 15 is 0 Å². The van der Waals surface area contributed by atoms with E-state index in [-0.39, 0.29) is 66.7 Å². The van der Waals surface area contributed by atoms with E-state index in [1.165, 1.54) is 36.4 Å². The molecule has 0 saturated heterocycles. The molecule has 15 rings (SSSR count). The van der Waals surface area contributed by atoms with Crippen LogP contribution in [-0.4, -0.2) is 65.8 Å². The summed E-state index contributed by atoms with van der Waals surface area (Å²) in [7, 11) is 0. The molecule has 22 heteroatoms. The van der Waals surface area contributed by atoms with Gasteiger partial charge in [0.1, 0.15) is 17.5 Å². The smallest absolute Gasteiger partial charge is 0.257 e. The van der Waals surface area contributed by atoms with Crippen molar-refractivity contribution in [1.29, 1.82) is 0 Å². The lowest BCUT2D eigenvalue weighted by Gasteiger charge is -2.11. The van der Waals surface area contributed by atoms with E-state index in [1.807, 2.05) is 86.6 Å². The molecule has 3 amide bonds. The predicted octanol–water partition coefficient (Wildman–Crippen LogP) is 19.0. The van der Waals surface area contributed by atoms with E-state index < -0.39 is 34.9 Å². The highest BCUT2D eigenvalue weighted by molar-refractivity contribution is 6.08. The number of rotatable bonds is 12. The van der Waals surface area contributed by atoms with E-state index in [2.05, 4.69) is 50.8 Å². The molecule has 0 aliphatic carbocycles. The van der Waals surface area contributed by atoms with Crippen molar-refractivity contribution in [2.24, 2.45) is 0 Å². The molecule has 0 spiro atoms. The minimum Gasteiger partial charge on any atom is -0.322 e. The molecule has 0 radical (unpaired) electrons. The first-order chi connectivity index (χ1) is 48.9. The molecule has 10 aromatic heterocycles. The van der Waals surface area contributed by atoms with Gasteiger partial charge in [0.15, 0.2) is 34.9 Å². The number of amides is 3. The summed E-state index contributed by atoms with van der Waals surface area (Å²) in [6.45, 7) is 9.14. The molecule has 0 aliphatic heterocycles. The summed E-state index contributed by atoms with van der Waals surface area (Å²) in [6.07, 6.45) is 16.6. The fourth-order valence-electron chi connectivity index (χ4n) is 11.5. The molecule has 0 aliphatic rings. The normalized spacial score (nSPS) is 10.8. The van der Waals surface area contributed by atoms with Gasteiger partial charge in [0, 0.05) is 99.5 Å². The number of hydrogen-bond donors (Lipinski definition) is 3. The van der Waals surface area contributed by atoms with Gasteiger partial charge in [0.25, 0.3) is 17.7 Å². The summed E-state index contributed by atoms with van der Waals surface area (Å²) >= 11 is 0. The van der Waals surface area contributed by atoms with Crippen molar-refractivity contribution < 1.29 is 40.7 Å². The molecule has 15 aromatic rings. The lowest BCUT2D eigenvalue weighted by molar-refractivity contribution is 0.101. The van der Waals surface area contributed by atoms with Crippen LogP contribution in [-0.2, 0) is 0 Å². The molecule has 0 fully saturated rings. The number of benzene rings is 5. The third kappa shape index (κ3) is 14.8. The first-order valence-corrected chi connectivity index (χ1v) is 31.5. The first kappa shape index (κ1) is 71.1. The molecule has 3 N–H and O–H groups in total. The van der Waals surface area contributed by atoms with Crippen LogP contribution >= 0.6 is 0 Å². The molecule has 103 heavy (non-hydrogen) atoms. The van der Waals surface area contributed by atoms with E-state index in [0.29, 0.717) is 84.1 Å². The van der Waals surface area contributed by atoms with Crippen molar-refractivity contribution in [3.05, 3.63) is 318 Å². The van der Waals surface area contributed by atoms with Crippen LogP contribution in [0.1, 0.15) is 74.3 Å². The molecule has 0 bridgehead atoms. The van der Waals surface area contributed by atoms with Crippen molar-refractivity contribution in [1.82, 2.24) is 48.1 Å². The van der Waals surface area contributed by atoms with Crippen molar-refractivity contribution in [3.8, 4) is 67.5 Å². The highest BCUT2D eigenvalue weighted by atomic mass is 19.2. The Morgan fingerprint density at radius 1 is 0.330 bits per heavy atom. The maximum atomic E-state index is 14.4. The van der Waals surface area contributed by atoms with E-state index in [1.54, 1.807) is 144 Å². The Labute approximate surface area is 588 Å². The van der Waals surface area contributed by atoms with Gasteiger partial charge in [-0.25, -0.2) is 41.3 Å². The second-order valence-electron chi connectivity index (χ2n) is 23.4. The Kier molecular flexibility index (Phi) is 21.0. The van der Waals surface area contributed by atoms with Crippen LogP contribution in [0, 0.1) is 69.5 Å². The SMILES string of the molecule is C.C.Cc1cc(NC(=O)c2cc(-c3cccn4c(-c5cccc(F)c5F)ncc34)cnc2C)ccn1.Cc1ccc(NC(=O)c2cc(-c3cccn4c(-c5cccc(F)c5F)ncc34)cnc2C)cc1.Cc1ncc(-c2cccn3c(-c4cccc(F)c4F)ncc23)cc1C(=O)Nc1ccccc1. The topological polar surface area (TPSA) is 191 Å². The number of carbonyl (C=O) groups is 3. The zero-order valence-electron chi connectivity index (χ0n) is 54.5. The van der Waals surface area contributed by atoms with Crippen molar-refractivity contribution in [2.75, 3.05) is 16.0 Å². The average molecular weight is 1380 g/mol. The Hall–Kier alpha value is -13.2. The monoisotopic (exact) mass is 1380 g/mol. The van der Waals surface area contributed by atoms with Gasteiger partial charge in [0.05, 0.1) is 85.6 Å². The summed E-state index contributed by atoms with van der Waals surface area (Å²) in [5.41, 5.74) is 13.6. The molecular formula is C81H65F6N13O3. The van der Waals surface area contributed by atoms with Crippen molar-refractivity contribution >= 4 is 51.3 Å². The molecule has 0 atom stereocenters. The molecule has 514 valence electrons. The highest BCUT2D eigenvalue weighted by Gasteiger charge is 2.23. The van der Waals surface area contributed by atoms with Gasteiger partial charge in [-0.3, -0.25) is 47.5 Å². The Balaban J connectivity index is 0.000000153. The molecule has 5 aromatic carbocycles. The minimum absolute atomic E-state index is 0. The van der Waals surface area contributed by atoms with E-state index in [0.717, 1.165) is 46.1 Å². The van der Waals surface area contributed by atoms with E-state index in [4.69, 9.17) is 0 Å². The van der Waals surface area contributed by atoms with Crippen LogP contribution in [0.4, 0.5) is 43.4 Å². The van der Waals surface area contributed by atoms with E-state index in [9.17, 15) is 40.7 Å². The van der Waals surface area contributed by atoms with Gasteiger partial charge in [-0.05, 0) is 144 Å². The zero-order chi connectivity index (χ0) is 70.6. The minimum atomic E-state index is -0.956. The number of para-hydroxylation sites is 1. The second kappa shape index (κ2) is 30.5. The van der Waals surface area contributed by atoms with Gasteiger partial charge in [-0.2, -0.15) is 0 Å². The summed E-state index contributed by atoms with van der Waals surface area (Å²) < 4.78 is 89.7. The number of imidazole rings is 3. The average Bonchev–Trinajstić information content (AvgIpc) is 1.64. The highest BCUT2D eigenvalue weighted by Crippen LogP contribution is 2.35. The molecular weight excluding hydrogens is 1320 g/mol. The van der Waals surface area contributed by atoms with Crippen LogP contribution in [0.3, 0.4) is 0 Å². The lowest BCUT2D eigenvalue weighted by Crippen LogP contribution is -2.14. The Bertz CT molecular complexity index is 5700. The molecule has 10 heterocycles. The fourth-order valence-corrected chi connectivity index (χ4v) is 11.5. The standard InChI is InChI=1S/C27H20F2N4O.C26H19F2N5O.C26H18F2N4O.2CH4/c1-16-8-10-19(11-9-16)32-27(34)22-13-18(14-30-17(22)2)20-6-4-12-33-24(20)15-31-26(33)21-5-3-7-23(28)25(21)29;1-15-11-18(8-9-29-15)32-26(34)21-12-17(13-30-16(21)2)19-6-4-10-33-23(19)14-31-25(33)20-5-3-7-22(27)24(20)28;1-16-21(26(33)31-18-7-3-2-4-8-18)13-17(14-29-16)19-10-6-12-32-23(19)15-30-25(32)20-9-5-11-22(27)24(20)28;;/h3-15H,1-2H3,(H,32,34);3-14H,1-2H3,(H,29,32,34);2-15H,1H3,(H,31,33);2*1H4. The first-order valence-electron chi connectivity index (χ1n) is 31.5. The number of aryl methyl sites for hydroxylation is 5. The van der Waals surface area contributed by atoms with Crippen LogP contribution in [0.2, 0.25) is 0 Å². The second-order valence-corrected chi connectivity index (χ2v) is 23.4. The molecule has 0 saturated carbocycles. The number of anilines is 3. The fraction of sp³-hybridized carbons (Fsp3) is 0.0864. The van der Waals surface area contributed by atoms with Gasteiger partial charge in [-0.15, -0.1) is 0 Å². The van der Waals surface area contributed by atoms with Gasteiger partial charge >= 0.3 is 0 Å². The summed E-state index contributed by atoms with van der Waals surface area (Å²) in [4.78, 5) is 69.3. The van der Waals surface area contributed by atoms with Crippen LogP contribution < -0.4 is 16.0 Å².